The summed E-state index contributed by atoms with van der Waals surface area (Å²) in [5, 5.41) is 1.03. The lowest BCUT2D eigenvalue weighted by Gasteiger charge is -1.96. The molecule has 0 amide bonds. The number of nitrogens with one attached hydrogen (secondary N) is 1. The van der Waals surface area contributed by atoms with Crippen molar-refractivity contribution in [2.24, 2.45) is 0 Å². The minimum atomic E-state index is -0.231. The van der Waals surface area contributed by atoms with Crippen LogP contribution < -0.4 is 0 Å². The molecule has 0 fully saturated rings. The van der Waals surface area contributed by atoms with Crippen LogP contribution in [-0.2, 0) is 0 Å². The molecule has 1 aromatic carbocycles. The van der Waals surface area contributed by atoms with E-state index in [9.17, 15) is 4.39 Å². The van der Waals surface area contributed by atoms with Gasteiger partial charge in [-0.25, -0.2) is 9.37 Å². The van der Waals surface area contributed by atoms with E-state index in [0.717, 1.165) is 26.8 Å². The van der Waals surface area contributed by atoms with Crippen LogP contribution in [0, 0.1) is 5.82 Å². The third-order valence-corrected chi connectivity index (χ3v) is 3.03. The number of hydrogen-bond acceptors (Lipinski definition) is 1. The van der Waals surface area contributed by atoms with E-state index < -0.39 is 0 Å². The first-order valence-electron chi connectivity index (χ1n) is 5.12. The van der Waals surface area contributed by atoms with Crippen LogP contribution in [0.25, 0.3) is 22.3 Å². The highest BCUT2D eigenvalue weighted by Crippen LogP contribution is 2.24. The summed E-state index contributed by atoms with van der Waals surface area (Å²) >= 11 is 3.38. The molecule has 0 aliphatic carbocycles. The van der Waals surface area contributed by atoms with Crippen molar-refractivity contribution in [1.29, 1.82) is 0 Å². The molecule has 1 N–H and O–H groups in total. The third kappa shape index (κ3) is 1.96. The summed E-state index contributed by atoms with van der Waals surface area (Å²) in [5.74, 6) is -0.231. The number of halogens is 2. The molecule has 0 radical (unpaired) electrons. The van der Waals surface area contributed by atoms with Crippen molar-refractivity contribution in [3.05, 3.63) is 52.9 Å². The van der Waals surface area contributed by atoms with Gasteiger partial charge in [-0.05, 0) is 57.9 Å². The van der Waals surface area contributed by atoms with E-state index in [1.807, 2.05) is 12.1 Å². The molecule has 3 rings (SSSR count). The Morgan fingerprint density at radius 2 is 1.88 bits per heavy atom. The molecular formula is C13H8BrFN2. The standard InChI is InChI=1S/C13H8BrFN2/c14-10-5-9-6-12(17-13(9)16-7-10)8-1-3-11(15)4-2-8/h1-7H,(H,16,17). The second kappa shape index (κ2) is 3.96. The Bertz CT molecular complexity index is 673. The zero-order valence-corrected chi connectivity index (χ0v) is 10.3. The zero-order valence-electron chi connectivity index (χ0n) is 8.74. The topological polar surface area (TPSA) is 28.7 Å². The van der Waals surface area contributed by atoms with Crippen molar-refractivity contribution < 1.29 is 4.39 Å². The molecule has 0 bridgehead atoms. The van der Waals surface area contributed by atoms with E-state index in [1.54, 1.807) is 18.3 Å². The monoisotopic (exact) mass is 290 g/mol. The van der Waals surface area contributed by atoms with Crippen molar-refractivity contribution in [2.45, 2.75) is 0 Å². The van der Waals surface area contributed by atoms with E-state index in [-0.39, 0.29) is 5.82 Å². The molecule has 2 aromatic heterocycles. The lowest BCUT2D eigenvalue weighted by molar-refractivity contribution is 0.628. The molecule has 84 valence electrons. The first-order valence-corrected chi connectivity index (χ1v) is 5.92. The number of pyridine rings is 1. The van der Waals surface area contributed by atoms with Crippen LogP contribution in [-0.4, -0.2) is 9.97 Å². The first kappa shape index (κ1) is 10.5. The Hall–Kier alpha value is -1.68. The molecule has 0 spiro atoms. The number of aromatic amines is 1. The van der Waals surface area contributed by atoms with Crippen LogP contribution >= 0.6 is 15.9 Å². The largest absolute Gasteiger partial charge is 0.339 e. The molecule has 0 saturated heterocycles. The van der Waals surface area contributed by atoms with Gasteiger partial charge in [0, 0.05) is 21.7 Å². The van der Waals surface area contributed by atoms with Crippen LogP contribution in [0.3, 0.4) is 0 Å². The van der Waals surface area contributed by atoms with Gasteiger partial charge < -0.3 is 4.98 Å². The van der Waals surface area contributed by atoms with Gasteiger partial charge in [-0.15, -0.1) is 0 Å². The van der Waals surface area contributed by atoms with Crippen LogP contribution in [0.4, 0.5) is 4.39 Å². The van der Waals surface area contributed by atoms with E-state index >= 15 is 0 Å². The predicted molar refractivity (Wildman–Crippen MR) is 69.2 cm³/mol. The van der Waals surface area contributed by atoms with Gasteiger partial charge in [0.05, 0.1) is 0 Å². The fourth-order valence-corrected chi connectivity index (χ4v) is 2.12. The van der Waals surface area contributed by atoms with Gasteiger partial charge in [-0.2, -0.15) is 0 Å². The number of benzene rings is 1. The van der Waals surface area contributed by atoms with Crippen LogP contribution in [0.15, 0.2) is 47.1 Å². The SMILES string of the molecule is Fc1ccc(-c2cc3cc(Br)cnc3[nH]2)cc1. The van der Waals surface area contributed by atoms with Crippen molar-refractivity contribution in [2.75, 3.05) is 0 Å². The van der Waals surface area contributed by atoms with Crippen LogP contribution in [0.1, 0.15) is 0 Å². The predicted octanol–water partition coefficient (Wildman–Crippen LogP) is 4.13. The highest BCUT2D eigenvalue weighted by atomic mass is 79.9. The third-order valence-electron chi connectivity index (χ3n) is 2.59. The first-order chi connectivity index (χ1) is 8.22. The van der Waals surface area contributed by atoms with Gasteiger partial charge in [-0.1, -0.05) is 0 Å². The fourth-order valence-electron chi connectivity index (χ4n) is 1.77. The Morgan fingerprint density at radius 3 is 2.65 bits per heavy atom. The molecule has 2 heterocycles. The smallest absolute Gasteiger partial charge is 0.137 e. The Balaban J connectivity index is 2.14. The van der Waals surface area contributed by atoms with Crippen LogP contribution in [0.2, 0.25) is 0 Å². The quantitative estimate of drug-likeness (QED) is 0.717. The average molecular weight is 291 g/mol. The maximum atomic E-state index is 12.8. The van der Waals surface area contributed by atoms with Gasteiger partial charge in [0.2, 0.25) is 0 Å². The van der Waals surface area contributed by atoms with Crippen molar-refractivity contribution in [3.63, 3.8) is 0 Å². The van der Waals surface area contributed by atoms with Gasteiger partial charge in [-0.3, -0.25) is 0 Å². The summed E-state index contributed by atoms with van der Waals surface area (Å²) in [4.78, 5) is 7.47. The molecule has 0 aliphatic rings. The van der Waals surface area contributed by atoms with Crippen molar-refractivity contribution in [1.82, 2.24) is 9.97 Å². The summed E-state index contributed by atoms with van der Waals surface area (Å²) in [6.45, 7) is 0. The number of aromatic nitrogens is 2. The fraction of sp³-hybridized carbons (Fsp3) is 0. The minimum absolute atomic E-state index is 0.231. The molecule has 0 atom stereocenters. The van der Waals surface area contributed by atoms with Gasteiger partial charge in [0.1, 0.15) is 11.5 Å². The Morgan fingerprint density at radius 1 is 1.12 bits per heavy atom. The summed E-state index contributed by atoms with van der Waals surface area (Å²) < 4.78 is 13.8. The molecule has 17 heavy (non-hydrogen) atoms. The van der Waals surface area contributed by atoms with E-state index in [4.69, 9.17) is 0 Å². The number of rotatable bonds is 1. The van der Waals surface area contributed by atoms with E-state index in [2.05, 4.69) is 25.9 Å². The van der Waals surface area contributed by atoms with Gasteiger partial charge >= 0.3 is 0 Å². The summed E-state index contributed by atoms with van der Waals surface area (Å²) in [6, 6.07) is 10.4. The highest BCUT2D eigenvalue weighted by molar-refractivity contribution is 9.10. The molecule has 0 saturated carbocycles. The summed E-state index contributed by atoms with van der Waals surface area (Å²) in [6.07, 6.45) is 1.74. The van der Waals surface area contributed by atoms with Gasteiger partial charge in [0.25, 0.3) is 0 Å². The Labute approximate surface area is 106 Å². The molecule has 3 aromatic rings. The summed E-state index contributed by atoms with van der Waals surface area (Å²) in [5.41, 5.74) is 2.71. The normalized spacial score (nSPS) is 10.9. The van der Waals surface area contributed by atoms with Crippen molar-refractivity contribution in [3.8, 4) is 11.3 Å². The Kier molecular flexibility index (Phi) is 2.44. The second-order valence-corrected chi connectivity index (χ2v) is 4.70. The second-order valence-electron chi connectivity index (χ2n) is 3.78. The maximum absolute atomic E-state index is 12.8. The summed E-state index contributed by atoms with van der Waals surface area (Å²) in [7, 11) is 0. The van der Waals surface area contributed by atoms with E-state index in [0.29, 0.717) is 0 Å². The van der Waals surface area contributed by atoms with Gasteiger partial charge in [0.15, 0.2) is 0 Å². The average Bonchev–Trinajstić information content (AvgIpc) is 2.72. The highest BCUT2D eigenvalue weighted by Gasteiger charge is 2.04. The number of hydrogen-bond donors (Lipinski definition) is 1. The minimum Gasteiger partial charge on any atom is -0.339 e. The molecule has 0 unspecified atom stereocenters. The zero-order chi connectivity index (χ0) is 11.8. The van der Waals surface area contributed by atoms with Crippen LogP contribution in [0.5, 0.6) is 0 Å². The number of H-pyrrole nitrogens is 1. The number of nitrogens with zero attached hydrogens (tertiary/aromatic N) is 1. The number of fused-ring (bicyclic) bond motifs is 1. The molecule has 0 aliphatic heterocycles. The molecule has 4 heteroatoms. The lowest BCUT2D eigenvalue weighted by atomic mass is 10.1. The van der Waals surface area contributed by atoms with Crippen molar-refractivity contribution >= 4 is 27.0 Å². The van der Waals surface area contributed by atoms with E-state index in [1.165, 1.54) is 12.1 Å². The lowest BCUT2D eigenvalue weighted by Crippen LogP contribution is -1.79. The molecule has 2 nitrogen and oxygen atoms in total. The maximum Gasteiger partial charge on any atom is 0.137 e. The molecular weight excluding hydrogens is 283 g/mol.